The van der Waals surface area contributed by atoms with E-state index in [1.54, 1.807) is 13.0 Å². The summed E-state index contributed by atoms with van der Waals surface area (Å²) in [4.78, 5) is 0. The fourth-order valence-electron chi connectivity index (χ4n) is 2.76. The fraction of sp³-hybridized carbons (Fsp3) is 0.533. The average Bonchev–Trinajstić information content (AvgIpc) is 2.97. The molecule has 0 N–H and O–H groups in total. The Balaban J connectivity index is 2.24. The molecule has 1 aromatic rings. The highest BCUT2D eigenvalue weighted by Gasteiger charge is 2.37. The van der Waals surface area contributed by atoms with Crippen LogP contribution >= 0.6 is 11.6 Å². The van der Waals surface area contributed by atoms with Crippen LogP contribution < -0.4 is 0 Å². The first kappa shape index (κ1) is 17.2. The van der Waals surface area contributed by atoms with E-state index in [0.29, 0.717) is 11.6 Å². The van der Waals surface area contributed by atoms with Gasteiger partial charge >= 0.3 is 0 Å². The maximum atomic E-state index is 12.8. The number of nitrogens with zero attached hydrogens (tertiary/aromatic N) is 3. The highest BCUT2D eigenvalue weighted by atomic mass is 35.5. The molecule has 0 spiro atoms. The normalized spacial score (nSPS) is 21.0. The Morgan fingerprint density at radius 2 is 2.27 bits per heavy atom. The van der Waals surface area contributed by atoms with E-state index >= 15 is 0 Å². The molecule has 2 atom stereocenters. The smallest absolute Gasteiger partial charge is 0.198 e. The van der Waals surface area contributed by atoms with Gasteiger partial charge in [0.1, 0.15) is 0 Å². The van der Waals surface area contributed by atoms with Crippen molar-refractivity contribution in [2.45, 2.75) is 25.8 Å². The van der Waals surface area contributed by atoms with Gasteiger partial charge in [-0.05, 0) is 37.5 Å². The zero-order chi connectivity index (χ0) is 16.3. The van der Waals surface area contributed by atoms with Crippen molar-refractivity contribution in [2.75, 3.05) is 20.1 Å². The van der Waals surface area contributed by atoms with E-state index in [0.717, 1.165) is 18.4 Å². The van der Waals surface area contributed by atoms with Crippen molar-refractivity contribution in [1.82, 2.24) is 8.61 Å². The standard InChI is InChI=1S/C15H20ClN3O2S/c1-12(10-17)11-18(2)22(20,21)19-8-4-7-15(19)13-5-3-6-14(16)9-13/h3,5-6,9,12,15H,4,7-8,11H2,1-2H3/t12-,15+/m1/s1. The predicted octanol–water partition coefficient (Wildman–Crippen LogP) is 2.81. The van der Waals surface area contributed by atoms with Gasteiger partial charge in [0, 0.05) is 25.2 Å². The average molecular weight is 342 g/mol. The van der Waals surface area contributed by atoms with E-state index in [1.807, 2.05) is 18.2 Å². The molecule has 0 aliphatic carbocycles. The second-order valence-electron chi connectivity index (χ2n) is 5.64. The van der Waals surface area contributed by atoms with Crippen LogP contribution in [0, 0.1) is 17.2 Å². The molecule has 22 heavy (non-hydrogen) atoms. The van der Waals surface area contributed by atoms with Crippen molar-refractivity contribution in [3.63, 3.8) is 0 Å². The van der Waals surface area contributed by atoms with E-state index in [-0.39, 0.29) is 18.5 Å². The summed E-state index contributed by atoms with van der Waals surface area (Å²) in [6.45, 7) is 2.40. The molecule has 1 saturated heterocycles. The minimum Gasteiger partial charge on any atom is -0.198 e. The van der Waals surface area contributed by atoms with E-state index in [9.17, 15) is 8.42 Å². The molecule has 5 nitrogen and oxygen atoms in total. The predicted molar refractivity (Wildman–Crippen MR) is 86.5 cm³/mol. The number of nitriles is 1. The number of benzene rings is 1. The Morgan fingerprint density at radius 3 is 2.91 bits per heavy atom. The number of hydrogen-bond donors (Lipinski definition) is 0. The molecule has 1 aromatic carbocycles. The molecule has 1 aliphatic heterocycles. The third-order valence-electron chi connectivity index (χ3n) is 3.88. The maximum Gasteiger partial charge on any atom is 0.282 e. The van der Waals surface area contributed by atoms with Crippen LogP contribution in [0.25, 0.3) is 0 Å². The molecule has 0 unspecified atom stereocenters. The van der Waals surface area contributed by atoms with Crippen LogP contribution in [0.2, 0.25) is 5.02 Å². The van der Waals surface area contributed by atoms with Gasteiger partial charge in [-0.3, -0.25) is 0 Å². The van der Waals surface area contributed by atoms with Gasteiger partial charge in [-0.25, -0.2) is 0 Å². The summed E-state index contributed by atoms with van der Waals surface area (Å²) in [6.07, 6.45) is 1.60. The number of hydrogen-bond acceptors (Lipinski definition) is 3. The summed E-state index contributed by atoms with van der Waals surface area (Å²) >= 11 is 6.02. The second-order valence-corrected chi connectivity index (χ2v) is 8.07. The van der Waals surface area contributed by atoms with Crippen molar-refractivity contribution in [3.05, 3.63) is 34.9 Å². The summed E-state index contributed by atoms with van der Waals surface area (Å²) in [6, 6.07) is 9.21. The first-order valence-corrected chi connectivity index (χ1v) is 9.02. The van der Waals surface area contributed by atoms with Crippen LogP contribution in [0.5, 0.6) is 0 Å². The van der Waals surface area contributed by atoms with Crippen molar-refractivity contribution in [2.24, 2.45) is 5.92 Å². The summed E-state index contributed by atoms with van der Waals surface area (Å²) in [7, 11) is -2.06. The van der Waals surface area contributed by atoms with Gasteiger partial charge in [-0.2, -0.15) is 22.3 Å². The molecular formula is C15H20ClN3O2S. The molecule has 1 heterocycles. The summed E-state index contributed by atoms with van der Waals surface area (Å²) in [5, 5.41) is 9.48. The Labute approximate surface area is 137 Å². The molecule has 2 rings (SSSR count). The lowest BCUT2D eigenvalue weighted by Gasteiger charge is -2.29. The maximum absolute atomic E-state index is 12.8. The first-order valence-electron chi connectivity index (χ1n) is 7.24. The molecular weight excluding hydrogens is 322 g/mol. The van der Waals surface area contributed by atoms with Crippen molar-refractivity contribution >= 4 is 21.8 Å². The van der Waals surface area contributed by atoms with E-state index in [4.69, 9.17) is 16.9 Å². The van der Waals surface area contributed by atoms with Gasteiger partial charge in [-0.1, -0.05) is 23.7 Å². The monoisotopic (exact) mass is 341 g/mol. The first-order chi connectivity index (χ1) is 10.4. The van der Waals surface area contributed by atoms with Gasteiger partial charge in [0.2, 0.25) is 0 Å². The SMILES string of the molecule is C[C@H](C#N)CN(C)S(=O)(=O)N1CCC[C@H]1c1cccc(Cl)c1. The third-order valence-corrected chi connectivity index (χ3v) is 6.08. The molecule has 0 saturated carbocycles. The zero-order valence-corrected chi connectivity index (χ0v) is 14.3. The van der Waals surface area contributed by atoms with Gasteiger partial charge in [0.15, 0.2) is 0 Å². The van der Waals surface area contributed by atoms with Crippen LogP contribution in [-0.4, -0.2) is 37.2 Å². The highest BCUT2D eigenvalue weighted by molar-refractivity contribution is 7.86. The van der Waals surface area contributed by atoms with Crippen molar-refractivity contribution < 1.29 is 8.42 Å². The van der Waals surface area contributed by atoms with E-state index < -0.39 is 10.2 Å². The summed E-state index contributed by atoms with van der Waals surface area (Å²) < 4.78 is 28.3. The Hall–Kier alpha value is -1.13. The van der Waals surface area contributed by atoms with Gasteiger partial charge in [0.05, 0.1) is 18.0 Å². The zero-order valence-electron chi connectivity index (χ0n) is 12.7. The number of halogens is 1. The summed E-state index contributed by atoms with van der Waals surface area (Å²) in [5.41, 5.74) is 0.912. The fourth-order valence-corrected chi connectivity index (χ4v) is 4.64. The lowest BCUT2D eigenvalue weighted by Crippen LogP contribution is -2.43. The van der Waals surface area contributed by atoms with Crippen molar-refractivity contribution in [1.29, 1.82) is 5.26 Å². The third kappa shape index (κ3) is 3.61. The second kappa shape index (κ2) is 6.97. The van der Waals surface area contributed by atoms with Gasteiger partial charge in [0.25, 0.3) is 10.2 Å². The lowest BCUT2D eigenvalue weighted by atomic mass is 10.1. The Bertz CT molecular complexity index is 672. The van der Waals surface area contributed by atoms with Crippen LogP contribution in [-0.2, 0) is 10.2 Å². The van der Waals surface area contributed by atoms with Crippen LogP contribution in [0.1, 0.15) is 31.4 Å². The topological polar surface area (TPSA) is 64.4 Å². The van der Waals surface area contributed by atoms with E-state index in [1.165, 1.54) is 15.7 Å². The lowest BCUT2D eigenvalue weighted by molar-refractivity contribution is 0.339. The highest BCUT2D eigenvalue weighted by Crippen LogP contribution is 2.35. The molecule has 0 aromatic heterocycles. The Kier molecular flexibility index (Phi) is 5.45. The van der Waals surface area contributed by atoms with Gasteiger partial charge in [-0.15, -0.1) is 0 Å². The van der Waals surface area contributed by atoms with Gasteiger partial charge < -0.3 is 0 Å². The molecule has 1 aliphatic rings. The molecule has 120 valence electrons. The Morgan fingerprint density at radius 1 is 1.55 bits per heavy atom. The van der Waals surface area contributed by atoms with E-state index in [2.05, 4.69) is 6.07 Å². The molecule has 0 radical (unpaired) electrons. The van der Waals surface area contributed by atoms with Crippen LogP contribution in [0.4, 0.5) is 0 Å². The van der Waals surface area contributed by atoms with Crippen molar-refractivity contribution in [3.8, 4) is 6.07 Å². The largest absolute Gasteiger partial charge is 0.282 e. The quantitative estimate of drug-likeness (QED) is 0.827. The molecule has 1 fully saturated rings. The van der Waals surface area contributed by atoms with Crippen LogP contribution in [0.3, 0.4) is 0 Å². The summed E-state index contributed by atoms with van der Waals surface area (Å²) in [5.74, 6) is -0.341. The minimum absolute atomic E-state index is 0.191. The minimum atomic E-state index is -3.58. The molecule has 7 heteroatoms. The van der Waals surface area contributed by atoms with Crippen LogP contribution in [0.15, 0.2) is 24.3 Å². The number of rotatable bonds is 5. The molecule has 0 amide bonds. The molecule has 0 bridgehead atoms.